The summed E-state index contributed by atoms with van der Waals surface area (Å²) in [5.74, 6) is 5.33. The zero-order valence-electron chi connectivity index (χ0n) is 7.13. The van der Waals surface area contributed by atoms with Crippen molar-refractivity contribution in [3.8, 4) is 0 Å². The van der Waals surface area contributed by atoms with E-state index >= 15 is 0 Å². The lowest BCUT2D eigenvalue weighted by Gasteiger charge is -1.87. The number of aromatic nitrogens is 2. The summed E-state index contributed by atoms with van der Waals surface area (Å²) >= 11 is 0. The summed E-state index contributed by atoms with van der Waals surface area (Å²) in [6.07, 6.45) is 1.34. The van der Waals surface area contributed by atoms with Crippen molar-refractivity contribution in [1.82, 2.24) is 9.78 Å². The van der Waals surface area contributed by atoms with Gasteiger partial charge >= 0.3 is 0 Å². The first-order chi connectivity index (χ1) is 5.04. The zero-order valence-corrected chi connectivity index (χ0v) is 4.13. The Morgan fingerprint density at radius 2 is 3.00 bits per heavy atom. The van der Waals surface area contributed by atoms with Crippen LogP contribution in [-0.4, -0.2) is 9.78 Å². The first kappa shape index (κ1) is 2.50. The number of rotatable bonds is 1. The molecule has 0 bridgehead atoms. The van der Waals surface area contributed by atoms with Crippen LogP contribution in [0.15, 0.2) is 12.3 Å². The lowest BCUT2D eigenvalue weighted by atomic mass is 10.7. The van der Waals surface area contributed by atoms with Crippen LogP contribution in [-0.2, 0) is 6.98 Å². The Labute approximate surface area is 51.5 Å². The number of nitrogens with two attached hydrogens (primary N) is 1. The third-order valence-corrected chi connectivity index (χ3v) is 0.737. The number of hydrogen-bond acceptors (Lipinski definition) is 3. The Bertz CT molecular complexity index is 240. The highest BCUT2D eigenvalue weighted by Crippen LogP contribution is 1.95. The summed E-state index contributed by atoms with van der Waals surface area (Å²) in [4.78, 5) is 0. The van der Waals surface area contributed by atoms with Crippen LogP contribution in [0.5, 0.6) is 0 Å². The molecule has 0 amide bonds. The molecule has 0 aliphatic rings. The number of hydrogen-bond donors (Lipinski definition) is 2. The van der Waals surface area contributed by atoms with Gasteiger partial charge in [-0.15, -0.1) is 0 Å². The van der Waals surface area contributed by atoms with Crippen LogP contribution in [0.2, 0.25) is 0 Å². The molecule has 0 saturated heterocycles. The number of aryl methyl sites for hydroxylation is 1. The molecule has 0 aliphatic heterocycles. The van der Waals surface area contributed by atoms with Gasteiger partial charge in [-0.2, -0.15) is 5.10 Å². The maximum Gasteiger partial charge on any atom is 0.161 e. The Kier molecular flexibility index (Phi) is 0.573. The van der Waals surface area contributed by atoms with Crippen molar-refractivity contribution in [2.75, 3.05) is 5.43 Å². The van der Waals surface area contributed by atoms with Gasteiger partial charge in [-0.05, 0) is 0 Å². The largest absolute Gasteiger partial charge is 0.307 e. The molecule has 0 saturated carbocycles. The smallest absolute Gasteiger partial charge is 0.161 e. The van der Waals surface area contributed by atoms with Gasteiger partial charge in [0.2, 0.25) is 0 Å². The second-order valence-corrected chi connectivity index (χ2v) is 1.29. The van der Waals surface area contributed by atoms with Gasteiger partial charge in [0.15, 0.2) is 5.82 Å². The number of nitrogens with one attached hydrogen (secondary N) is 1. The van der Waals surface area contributed by atoms with Gasteiger partial charge in [0, 0.05) is 23.4 Å². The van der Waals surface area contributed by atoms with Gasteiger partial charge in [-0.25, -0.2) is 5.84 Å². The molecule has 1 rings (SSSR count). The summed E-state index contributed by atoms with van der Waals surface area (Å²) in [5.41, 5.74) is 2.24. The molecule has 0 unspecified atom stereocenters. The molecule has 0 fully saturated rings. The quantitative estimate of drug-likeness (QED) is 0.390. The van der Waals surface area contributed by atoms with E-state index in [1.54, 1.807) is 0 Å². The fourth-order valence-electron chi connectivity index (χ4n) is 0.401. The van der Waals surface area contributed by atoms with Crippen molar-refractivity contribution in [1.29, 1.82) is 0 Å². The molecule has 44 valence electrons. The van der Waals surface area contributed by atoms with E-state index in [9.17, 15) is 0 Å². The summed E-state index contributed by atoms with van der Waals surface area (Å²) in [6.45, 7) is -2.23. The van der Waals surface area contributed by atoms with Gasteiger partial charge in [-0.3, -0.25) is 4.68 Å². The molecular weight excluding hydrogens is 104 g/mol. The number of hydrazine groups is 1. The van der Waals surface area contributed by atoms with Crippen molar-refractivity contribution < 1.29 is 4.11 Å². The molecule has 0 aliphatic carbocycles. The topological polar surface area (TPSA) is 55.9 Å². The molecule has 0 spiro atoms. The lowest BCUT2D eigenvalue weighted by Crippen LogP contribution is -2.07. The molecule has 3 N–H and O–H groups in total. The van der Waals surface area contributed by atoms with Crippen molar-refractivity contribution in [3.63, 3.8) is 0 Å². The van der Waals surface area contributed by atoms with E-state index in [2.05, 4.69) is 10.5 Å². The molecule has 1 heterocycles. The second-order valence-electron chi connectivity index (χ2n) is 1.29. The maximum absolute atomic E-state index is 6.93. The Hall–Kier alpha value is -1.03. The monoisotopic (exact) mass is 115 g/mol. The van der Waals surface area contributed by atoms with Gasteiger partial charge < -0.3 is 5.43 Å². The third-order valence-electron chi connectivity index (χ3n) is 0.737. The van der Waals surface area contributed by atoms with E-state index in [4.69, 9.17) is 9.95 Å². The van der Waals surface area contributed by atoms with E-state index < -0.39 is 6.98 Å². The van der Waals surface area contributed by atoms with Crippen LogP contribution in [0.25, 0.3) is 0 Å². The average Bonchev–Trinajstić information content (AvgIpc) is 2.32. The number of nitrogen functional groups attached to an aromatic ring is 1. The van der Waals surface area contributed by atoms with Crippen molar-refractivity contribution in [2.45, 2.75) is 0 Å². The number of anilines is 1. The van der Waals surface area contributed by atoms with Gasteiger partial charge in [0.1, 0.15) is 0 Å². The van der Waals surface area contributed by atoms with Crippen LogP contribution >= 0.6 is 0 Å². The lowest BCUT2D eigenvalue weighted by molar-refractivity contribution is 0.769. The van der Waals surface area contributed by atoms with Crippen molar-refractivity contribution in [2.24, 2.45) is 12.8 Å². The molecule has 8 heavy (non-hydrogen) atoms. The molecule has 0 radical (unpaired) electrons. The minimum Gasteiger partial charge on any atom is -0.307 e. The van der Waals surface area contributed by atoms with Crippen LogP contribution in [0.4, 0.5) is 5.82 Å². The van der Waals surface area contributed by atoms with E-state index in [0.29, 0.717) is 5.82 Å². The minimum absolute atomic E-state index is 0.334. The van der Waals surface area contributed by atoms with Crippen LogP contribution in [0, 0.1) is 0 Å². The minimum atomic E-state index is -2.23. The SMILES string of the molecule is [2H]C([2H])([2H])n1ccc(NN)n1. The third kappa shape index (κ3) is 0.788. The summed E-state index contributed by atoms with van der Waals surface area (Å²) in [5, 5.41) is 3.62. The standard InChI is InChI=1S/C4H8N4/c1-8-3-2-4(6-5)7-8/h2-3H,5H2,1H3,(H,6,7)/i1D3. The molecule has 0 aromatic carbocycles. The van der Waals surface area contributed by atoms with Crippen LogP contribution < -0.4 is 11.3 Å². The Balaban J connectivity index is 2.89. The second kappa shape index (κ2) is 1.83. The first-order valence-corrected chi connectivity index (χ1v) is 2.07. The Morgan fingerprint density at radius 1 is 2.12 bits per heavy atom. The highest BCUT2D eigenvalue weighted by Gasteiger charge is 1.87. The van der Waals surface area contributed by atoms with Crippen LogP contribution in [0.1, 0.15) is 4.11 Å². The molecule has 1 aromatic heterocycles. The molecule has 4 nitrogen and oxygen atoms in total. The number of nitrogens with zero attached hydrogens (tertiary/aromatic N) is 2. The van der Waals surface area contributed by atoms with Gasteiger partial charge in [-0.1, -0.05) is 0 Å². The van der Waals surface area contributed by atoms with Gasteiger partial charge in [0.05, 0.1) is 0 Å². The highest BCUT2D eigenvalue weighted by atomic mass is 15.3. The average molecular weight is 115 g/mol. The van der Waals surface area contributed by atoms with Gasteiger partial charge in [0.25, 0.3) is 0 Å². The molecular formula is C4H8N4. The zero-order chi connectivity index (χ0) is 8.48. The van der Waals surface area contributed by atoms with E-state index in [1.165, 1.54) is 12.3 Å². The fraction of sp³-hybridized carbons (Fsp3) is 0.250. The summed E-state index contributed by atoms with van der Waals surface area (Å²) in [6, 6.07) is 1.48. The molecule has 4 heteroatoms. The predicted octanol–water partition coefficient (Wildman–Crippen LogP) is -0.294. The van der Waals surface area contributed by atoms with Crippen LogP contribution in [0.3, 0.4) is 0 Å². The summed E-state index contributed by atoms with van der Waals surface area (Å²) < 4.78 is 21.6. The van der Waals surface area contributed by atoms with E-state index in [-0.39, 0.29) is 0 Å². The highest BCUT2D eigenvalue weighted by molar-refractivity contribution is 5.29. The first-order valence-electron chi connectivity index (χ1n) is 3.57. The molecule has 0 atom stereocenters. The maximum atomic E-state index is 6.93. The van der Waals surface area contributed by atoms with E-state index in [1.807, 2.05) is 0 Å². The van der Waals surface area contributed by atoms with Crippen molar-refractivity contribution >= 4 is 5.82 Å². The summed E-state index contributed by atoms with van der Waals surface area (Å²) in [7, 11) is 0. The predicted molar refractivity (Wildman–Crippen MR) is 31.0 cm³/mol. The Morgan fingerprint density at radius 3 is 3.38 bits per heavy atom. The normalized spacial score (nSPS) is 16.4. The fourth-order valence-corrected chi connectivity index (χ4v) is 0.401. The van der Waals surface area contributed by atoms with E-state index in [0.717, 1.165) is 4.68 Å². The van der Waals surface area contributed by atoms with Crippen molar-refractivity contribution in [3.05, 3.63) is 12.3 Å². The molecule has 1 aromatic rings.